The molecule has 0 unspecified atom stereocenters. The first-order valence-corrected chi connectivity index (χ1v) is 9.24. The number of nitrogens with two attached hydrogens (primary N) is 1. The minimum absolute atomic E-state index is 0.0908. The van der Waals surface area contributed by atoms with Gasteiger partial charge in [0.05, 0.1) is 11.3 Å². The van der Waals surface area contributed by atoms with Gasteiger partial charge in [0.25, 0.3) is 5.91 Å². The number of rotatable bonds is 4. The second-order valence-corrected chi connectivity index (χ2v) is 8.71. The zero-order chi connectivity index (χ0) is 20.0. The summed E-state index contributed by atoms with van der Waals surface area (Å²) in [4.78, 5) is 40.3. The number of sulfone groups is 1. The Morgan fingerprint density at radius 1 is 1.48 bits per heavy atom. The standard InChI is InChI=1S/C15H16N4O7S/c1-15(7-26-14(23)18-16)10(13(21)22)19-11(20)9(12(19)27(15,24)25)6-8-4-2-3-5-17-8/h2-6,10,12H,7,16H2,1H3,(H,18,23)(H,21,22)/b9-6-/t10-,12+,15-/m0/s1. The van der Waals surface area contributed by atoms with Crippen LogP contribution in [0, 0.1) is 0 Å². The summed E-state index contributed by atoms with van der Waals surface area (Å²) in [5.41, 5.74) is 1.93. The molecule has 3 atom stereocenters. The average Bonchev–Trinajstić information content (AvgIpc) is 2.80. The van der Waals surface area contributed by atoms with Crippen LogP contribution in [-0.4, -0.2) is 64.1 Å². The number of aromatic nitrogens is 1. The second-order valence-electron chi connectivity index (χ2n) is 6.24. The normalized spacial score (nSPS) is 29.8. The van der Waals surface area contributed by atoms with Crippen molar-refractivity contribution in [2.75, 3.05) is 6.61 Å². The maximum absolute atomic E-state index is 13.1. The maximum Gasteiger partial charge on any atom is 0.421 e. The number of carbonyl (C=O) groups is 3. The molecular weight excluding hydrogens is 380 g/mol. The molecule has 0 aliphatic carbocycles. The Morgan fingerprint density at radius 2 is 2.19 bits per heavy atom. The van der Waals surface area contributed by atoms with Gasteiger partial charge in [0.2, 0.25) is 0 Å². The van der Waals surface area contributed by atoms with E-state index in [-0.39, 0.29) is 5.57 Å². The molecule has 0 radical (unpaired) electrons. The number of nitrogens with one attached hydrogen (secondary N) is 1. The third-order valence-corrected chi connectivity index (χ3v) is 7.34. The molecule has 2 aliphatic heterocycles. The van der Waals surface area contributed by atoms with E-state index in [0.717, 1.165) is 11.8 Å². The summed E-state index contributed by atoms with van der Waals surface area (Å²) < 4.78 is 28.8. The lowest BCUT2D eigenvalue weighted by Crippen LogP contribution is -2.59. The van der Waals surface area contributed by atoms with Gasteiger partial charge in [-0.05, 0) is 25.1 Å². The van der Waals surface area contributed by atoms with E-state index in [1.807, 2.05) is 0 Å². The highest BCUT2D eigenvalue weighted by molar-refractivity contribution is 7.94. The minimum Gasteiger partial charge on any atom is -0.480 e. The second kappa shape index (κ2) is 6.32. The van der Waals surface area contributed by atoms with Crippen LogP contribution in [0.25, 0.3) is 6.08 Å². The smallest absolute Gasteiger partial charge is 0.421 e. The summed E-state index contributed by atoms with van der Waals surface area (Å²) in [6.45, 7) is 0.335. The van der Waals surface area contributed by atoms with Crippen LogP contribution in [0.4, 0.5) is 4.79 Å². The van der Waals surface area contributed by atoms with Crippen LogP contribution in [0.3, 0.4) is 0 Å². The first-order chi connectivity index (χ1) is 12.6. The molecule has 27 heavy (non-hydrogen) atoms. The van der Waals surface area contributed by atoms with Crippen molar-refractivity contribution in [2.45, 2.75) is 23.1 Å². The number of hydrogen-bond donors (Lipinski definition) is 3. The molecule has 12 heteroatoms. The van der Waals surface area contributed by atoms with Gasteiger partial charge in [-0.3, -0.25) is 15.2 Å². The minimum atomic E-state index is -4.25. The van der Waals surface area contributed by atoms with Crippen molar-refractivity contribution in [1.82, 2.24) is 15.3 Å². The highest BCUT2D eigenvalue weighted by atomic mass is 32.2. The van der Waals surface area contributed by atoms with E-state index in [9.17, 15) is 27.9 Å². The summed E-state index contributed by atoms with van der Waals surface area (Å²) in [6.07, 6.45) is 1.65. The zero-order valence-electron chi connectivity index (χ0n) is 14.0. The summed E-state index contributed by atoms with van der Waals surface area (Å²) in [6, 6.07) is 3.17. The molecule has 3 heterocycles. The number of hydrogen-bond acceptors (Lipinski definition) is 8. The predicted molar refractivity (Wildman–Crippen MR) is 90.3 cm³/mol. The number of nitrogens with zero attached hydrogens (tertiary/aromatic N) is 2. The Morgan fingerprint density at radius 3 is 2.74 bits per heavy atom. The molecule has 2 amide bonds. The van der Waals surface area contributed by atoms with Crippen molar-refractivity contribution >= 4 is 33.9 Å². The van der Waals surface area contributed by atoms with Gasteiger partial charge in [-0.25, -0.2) is 23.8 Å². The molecular formula is C15H16N4O7S. The van der Waals surface area contributed by atoms with E-state index in [2.05, 4.69) is 4.98 Å². The van der Waals surface area contributed by atoms with Gasteiger partial charge >= 0.3 is 12.1 Å². The van der Waals surface area contributed by atoms with E-state index in [0.29, 0.717) is 5.69 Å². The Bertz CT molecular complexity index is 946. The molecule has 2 aliphatic rings. The van der Waals surface area contributed by atoms with Crippen LogP contribution < -0.4 is 11.3 Å². The molecule has 0 bridgehead atoms. The molecule has 144 valence electrons. The monoisotopic (exact) mass is 396 g/mol. The molecule has 11 nitrogen and oxygen atoms in total. The fourth-order valence-electron chi connectivity index (χ4n) is 3.26. The number of carboxylic acid groups (broad SMARTS) is 1. The first-order valence-electron chi connectivity index (χ1n) is 7.70. The maximum atomic E-state index is 13.1. The molecule has 1 aromatic heterocycles. The van der Waals surface area contributed by atoms with Crippen molar-refractivity contribution in [1.29, 1.82) is 0 Å². The van der Waals surface area contributed by atoms with E-state index in [1.54, 1.807) is 23.6 Å². The van der Waals surface area contributed by atoms with E-state index < -0.39 is 50.6 Å². The number of carboxylic acids is 1. The number of hydrazine groups is 1. The molecule has 0 saturated carbocycles. The zero-order valence-corrected chi connectivity index (χ0v) is 14.8. The Hall–Kier alpha value is -2.99. The van der Waals surface area contributed by atoms with Gasteiger partial charge in [0, 0.05) is 6.20 Å². The Labute approximate surface area is 153 Å². The van der Waals surface area contributed by atoms with Gasteiger partial charge in [0.15, 0.2) is 21.3 Å². The van der Waals surface area contributed by atoms with Gasteiger partial charge in [-0.1, -0.05) is 6.07 Å². The first kappa shape index (κ1) is 18.8. The SMILES string of the molecule is C[C@]1(COC(=O)NN)[C@H](C(=O)O)N2C(=O)/C(=C/c3ccccn3)[C@H]2S1(=O)=O. The molecule has 3 rings (SSSR count). The van der Waals surface area contributed by atoms with Crippen molar-refractivity contribution in [3.63, 3.8) is 0 Å². The van der Waals surface area contributed by atoms with Crippen LogP contribution >= 0.6 is 0 Å². The Kier molecular flexibility index (Phi) is 4.40. The number of β-lactam (4-membered cyclic amide) rings is 1. The van der Waals surface area contributed by atoms with Gasteiger partial charge in [-0.15, -0.1) is 0 Å². The van der Waals surface area contributed by atoms with Crippen LogP contribution in [-0.2, 0) is 24.2 Å². The third-order valence-electron chi connectivity index (χ3n) is 4.63. The van der Waals surface area contributed by atoms with Crippen LogP contribution in [0.2, 0.25) is 0 Å². The molecule has 1 aromatic rings. The predicted octanol–water partition coefficient (Wildman–Crippen LogP) is -1.13. The summed E-state index contributed by atoms with van der Waals surface area (Å²) >= 11 is 0. The lowest BCUT2D eigenvalue weighted by Gasteiger charge is -2.37. The molecule has 2 fully saturated rings. The number of fused-ring (bicyclic) bond motifs is 1. The Balaban J connectivity index is 2.04. The average molecular weight is 396 g/mol. The van der Waals surface area contributed by atoms with Crippen LogP contribution in [0.1, 0.15) is 12.6 Å². The molecule has 4 N–H and O–H groups in total. The van der Waals surface area contributed by atoms with Crippen molar-refractivity contribution < 1.29 is 32.6 Å². The highest BCUT2D eigenvalue weighted by Crippen LogP contribution is 2.49. The van der Waals surface area contributed by atoms with Gasteiger partial charge in [-0.2, -0.15) is 0 Å². The highest BCUT2D eigenvalue weighted by Gasteiger charge is 2.72. The van der Waals surface area contributed by atoms with Crippen molar-refractivity contribution in [2.24, 2.45) is 5.84 Å². The van der Waals surface area contributed by atoms with Crippen molar-refractivity contribution in [3.05, 3.63) is 35.7 Å². The quantitative estimate of drug-likeness (QED) is 0.187. The summed E-state index contributed by atoms with van der Waals surface area (Å²) in [5, 5.41) is 8.09. The van der Waals surface area contributed by atoms with Crippen molar-refractivity contribution in [3.8, 4) is 0 Å². The fraction of sp³-hybridized carbons (Fsp3) is 0.333. The number of carbonyl (C=O) groups excluding carboxylic acids is 2. The van der Waals surface area contributed by atoms with Gasteiger partial charge in [0.1, 0.15) is 11.4 Å². The van der Waals surface area contributed by atoms with Crippen LogP contribution in [0.15, 0.2) is 30.0 Å². The lowest BCUT2D eigenvalue weighted by molar-refractivity contribution is -0.153. The third kappa shape index (κ3) is 2.64. The summed E-state index contributed by atoms with van der Waals surface area (Å²) in [7, 11) is -4.25. The number of amides is 2. The van der Waals surface area contributed by atoms with E-state index in [1.165, 1.54) is 12.3 Å². The summed E-state index contributed by atoms with van der Waals surface area (Å²) in [5.74, 6) is 2.64. The topological polar surface area (TPSA) is 169 Å². The van der Waals surface area contributed by atoms with E-state index in [4.69, 9.17) is 10.6 Å². The van der Waals surface area contributed by atoms with Gasteiger partial charge < -0.3 is 14.7 Å². The number of aliphatic carboxylic acids is 1. The van der Waals surface area contributed by atoms with Crippen LogP contribution in [0.5, 0.6) is 0 Å². The molecule has 0 aromatic carbocycles. The largest absolute Gasteiger partial charge is 0.480 e. The number of ether oxygens (including phenoxy) is 1. The molecule has 0 spiro atoms. The fourth-order valence-corrected chi connectivity index (χ4v) is 5.54. The lowest BCUT2D eigenvalue weighted by atomic mass is 9.94. The number of pyridine rings is 1. The van der Waals surface area contributed by atoms with E-state index >= 15 is 0 Å². The molecule has 2 saturated heterocycles.